The van der Waals surface area contributed by atoms with Crippen LogP contribution in [-0.4, -0.2) is 35.4 Å². The number of carbonyl (C=O) groups excluding carboxylic acids is 2. The van der Waals surface area contributed by atoms with Crippen LogP contribution in [0.4, 0.5) is 4.79 Å². The highest BCUT2D eigenvalue weighted by molar-refractivity contribution is 5.81. The van der Waals surface area contributed by atoms with E-state index in [2.05, 4.69) is 10.2 Å². The Hall–Kier alpha value is -3.62. The molecular weight excluding hydrogens is 416 g/mol. The molecule has 0 spiro atoms. The SMILES string of the molecule is CC(C)(C)OC(=O)NC(CC(CO[N+](=O)[O-])c1ccccc1)C(=O)OCc1ccccc1. The van der Waals surface area contributed by atoms with Crippen molar-refractivity contribution in [2.75, 3.05) is 6.61 Å². The highest BCUT2D eigenvalue weighted by Gasteiger charge is 2.29. The molecule has 0 aliphatic heterocycles. The average Bonchev–Trinajstić information content (AvgIpc) is 2.74. The van der Waals surface area contributed by atoms with Crippen molar-refractivity contribution in [3.63, 3.8) is 0 Å². The number of benzene rings is 2. The highest BCUT2D eigenvalue weighted by Crippen LogP contribution is 2.23. The van der Waals surface area contributed by atoms with E-state index < -0.39 is 34.7 Å². The second-order valence-electron chi connectivity index (χ2n) is 8.15. The maximum atomic E-state index is 12.9. The first-order chi connectivity index (χ1) is 15.1. The molecule has 2 atom stereocenters. The minimum Gasteiger partial charge on any atom is -0.459 e. The lowest BCUT2D eigenvalue weighted by atomic mass is 9.93. The van der Waals surface area contributed by atoms with E-state index in [1.165, 1.54) is 0 Å². The summed E-state index contributed by atoms with van der Waals surface area (Å²) in [5.74, 6) is -1.23. The van der Waals surface area contributed by atoms with Gasteiger partial charge in [0.2, 0.25) is 0 Å². The van der Waals surface area contributed by atoms with Crippen LogP contribution in [-0.2, 0) is 25.7 Å². The first kappa shape index (κ1) is 24.6. The van der Waals surface area contributed by atoms with Crippen LogP contribution in [0.2, 0.25) is 0 Å². The Morgan fingerprint density at radius 2 is 1.62 bits per heavy atom. The van der Waals surface area contributed by atoms with Crippen molar-refractivity contribution in [1.82, 2.24) is 5.32 Å². The van der Waals surface area contributed by atoms with Gasteiger partial charge in [-0.3, -0.25) is 0 Å². The standard InChI is InChI=1S/C23H28N2O7/c1-23(2,3)32-22(27)24-20(21(26)30-15-17-10-6-4-7-11-17)14-19(16-31-25(28)29)18-12-8-5-9-13-18/h4-13,19-20H,14-16H2,1-3H3,(H,24,27). The fourth-order valence-electron chi connectivity index (χ4n) is 2.95. The van der Waals surface area contributed by atoms with Crippen LogP contribution in [0.15, 0.2) is 60.7 Å². The topological polar surface area (TPSA) is 117 Å². The third-order valence-electron chi connectivity index (χ3n) is 4.37. The summed E-state index contributed by atoms with van der Waals surface area (Å²) in [6, 6.07) is 16.9. The molecule has 1 amide bonds. The number of amides is 1. The number of nitrogens with zero attached hydrogens (tertiary/aromatic N) is 1. The molecule has 0 saturated carbocycles. The van der Waals surface area contributed by atoms with Crippen LogP contribution in [0, 0.1) is 10.1 Å². The minimum absolute atomic E-state index is 0.0186. The number of nitrogens with one attached hydrogen (secondary N) is 1. The third kappa shape index (κ3) is 9.03. The average molecular weight is 444 g/mol. The minimum atomic E-state index is -1.10. The van der Waals surface area contributed by atoms with Gasteiger partial charge in [-0.2, -0.15) is 0 Å². The molecule has 2 aromatic carbocycles. The Bertz CT molecular complexity index is 882. The molecule has 2 aromatic rings. The summed E-state index contributed by atoms with van der Waals surface area (Å²) < 4.78 is 10.7. The number of hydrogen-bond acceptors (Lipinski definition) is 7. The Labute approximate surface area is 186 Å². The first-order valence-electron chi connectivity index (χ1n) is 10.2. The molecule has 0 aromatic heterocycles. The van der Waals surface area contributed by atoms with Crippen molar-refractivity contribution in [2.45, 2.75) is 51.4 Å². The lowest BCUT2D eigenvalue weighted by Crippen LogP contribution is -2.45. The Balaban J connectivity index is 2.18. The molecule has 0 radical (unpaired) electrons. The fourth-order valence-corrected chi connectivity index (χ4v) is 2.95. The molecule has 0 saturated heterocycles. The summed E-state index contributed by atoms with van der Waals surface area (Å²) in [5.41, 5.74) is 0.741. The van der Waals surface area contributed by atoms with E-state index in [9.17, 15) is 19.7 Å². The Morgan fingerprint density at radius 1 is 1.03 bits per heavy atom. The normalized spacial score (nSPS) is 12.8. The predicted molar refractivity (Wildman–Crippen MR) is 116 cm³/mol. The zero-order valence-electron chi connectivity index (χ0n) is 18.4. The molecule has 2 rings (SSSR count). The van der Waals surface area contributed by atoms with Gasteiger partial charge < -0.3 is 19.6 Å². The van der Waals surface area contributed by atoms with Crippen LogP contribution < -0.4 is 5.32 Å². The summed E-state index contributed by atoms with van der Waals surface area (Å²) in [4.78, 5) is 40.5. The van der Waals surface area contributed by atoms with Gasteiger partial charge in [-0.25, -0.2) is 9.59 Å². The molecule has 9 heteroatoms. The number of rotatable bonds is 10. The van der Waals surface area contributed by atoms with Crippen molar-refractivity contribution in [3.8, 4) is 0 Å². The molecule has 32 heavy (non-hydrogen) atoms. The van der Waals surface area contributed by atoms with Crippen LogP contribution in [0.1, 0.15) is 44.2 Å². The van der Waals surface area contributed by atoms with Gasteiger partial charge in [0.05, 0.1) is 0 Å². The van der Waals surface area contributed by atoms with Crippen LogP contribution >= 0.6 is 0 Å². The lowest BCUT2D eigenvalue weighted by Gasteiger charge is -2.25. The summed E-state index contributed by atoms with van der Waals surface area (Å²) >= 11 is 0. The van der Waals surface area contributed by atoms with Gasteiger partial charge in [0.1, 0.15) is 24.9 Å². The van der Waals surface area contributed by atoms with Gasteiger partial charge in [-0.15, -0.1) is 10.1 Å². The van der Waals surface area contributed by atoms with Crippen LogP contribution in [0.3, 0.4) is 0 Å². The Morgan fingerprint density at radius 3 is 2.19 bits per heavy atom. The first-order valence-corrected chi connectivity index (χ1v) is 10.2. The zero-order valence-corrected chi connectivity index (χ0v) is 18.4. The number of esters is 1. The van der Waals surface area contributed by atoms with Gasteiger partial charge in [-0.05, 0) is 38.3 Å². The van der Waals surface area contributed by atoms with E-state index in [1.54, 1.807) is 63.2 Å². The molecule has 0 aliphatic rings. The summed E-state index contributed by atoms with van der Waals surface area (Å²) in [6.45, 7) is 4.84. The number of hydrogen-bond donors (Lipinski definition) is 1. The van der Waals surface area contributed by atoms with Gasteiger partial charge in [0, 0.05) is 5.92 Å². The molecule has 0 bridgehead atoms. The summed E-state index contributed by atoms with van der Waals surface area (Å²) in [5, 5.41) is 12.4. The monoisotopic (exact) mass is 444 g/mol. The summed E-state index contributed by atoms with van der Waals surface area (Å²) in [7, 11) is 0. The largest absolute Gasteiger partial charge is 0.459 e. The zero-order chi connectivity index (χ0) is 23.6. The maximum absolute atomic E-state index is 12.9. The van der Waals surface area contributed by atoms with Crippen molar-refractivity contribution >= 4 is 12.1 Å². The van der Waals surface area contributed by atoms with E-state index in [0.29, 0.717) is 0 Å². The van der Waals surface area contributed by atoms with E-state index in [-0.39, 0.29) is 19.6 Å². The quantitative estimate of drug-likeness (QED) is 0.334. The fraction of sp³-hybridized carbons (Fsp3) is 0.391. The smallest absolute Gasteiger partial charge is 0.408 e. The molecule has 0 aliphatic carbocycles. The van der Waals surface area contributed by atoms with Crippen molar-refractivity contribution in [1.29, 1.82) is 0 Å². The Kier molecular flexibility index (Phi) is 9.00. The van der Waals surface area contributed by atoms with Crippen molar-refractivity contribution in [3.05, 3.63) is 81.9 Å². The van der Waals surface area contributed by atoms with Crippen LogP contribution in [0.25, 0.3) is 0 Å². The van der Waals surface area contributed by atoms with Gasteiger partial charge in [-0.1, -0.05) is 60.7 Å². The molecule has 0 fully saturated rings. The molecule has 0 heterocycles. The predicted octanol–water partition coefficient (Wildman–Crippen LogP) is 4.01. The molecular formula is C23H28N2O7. The number of ether oxygens (including phenoxy) is 2. The second kappa shape index (κ2) is 11.7. The second-order valence-corrected chi connectivity index (χ2v) is 8.15. The maximum Gasteiger partial charge on any atom is 0.408 e. The number of carbonyl (C=O) groups is 2. The molecule has 9 nitrogen and oxygen atoms in total. The highest BCUT2D eigenvalue weighted by atomic mass is 16.9. The molecule has 2 unspecified atom stereocenters. The van der Waals surface area contributed by atoms with Crippen molar-refractivity contribution < 1.29 is 29.0 Å². The van der Waals surface area contributed by atoms with E-state index in [4.69, 9.17) is 9.47 Å². The summed E-state index contributed by atoms with van der Waals surface area (Å²) in [6.07, 6.45) is -0.772. The van der Waals surface area contributed by atoms with Crippen molar-refractivity contribution in [2.24, 2.45) is 0 Å². The number of alkyl carbamates (subject to hydrolysis) is 1. The van der Waals surface area contributed by atoms with Gasteiger partial charge >= 0.3 is 12.1 Å². The third-order valence-corrected chi connectivity index (χ3v) is 4.37. The lowest BCUT2D eigenvalue weighted by molar-refractivity contribution is -0.758. The van der Waals surface area contributed by atoms with E-state index in [0.717, 1.165) is 11.1 Å². The van der Waals surface area contributed by atoms with E-state index >= 15 is 0 Å². The molecule has 1 N–H and O–H groups in total. The van der Waals surface area contributed by atoms with Gasteiger partial charge in [0.25, 0.3) is 5.09 Å². The molecule has 172 valence electrons. The van der Waals surface area contributed by atoms with Gasteiger partial charge in [0.15, 0.2) is 0 Å². The van der Waals surface area contributed by atoms with Crippen LogP contribution in [0.5, 0.6) is 0 Å². The van der Waals surface area contributed by atoms with E-state index in [1.807, 2.05) is 18.2 Å².